The highest BCUT2D eigenvalue weighted by molar-refractivity contribution is 5.99. The van der Waals surface area contributed by atoms with Crippen LogP contribution in [0.2, 0.25) is 0 Å². The van der Waals surface area contributed by atoms with E-state index in [1.165, 1.54) is 0 Å². The number of benzene rings is 2. The minimum Gasteiger partial charge on any atom is -0.497 e. The second-order valence-electron chi connectivity index (χ2n) is 7.97. The van der Waals surface area contributed by atoms with Gasteiger partial charge >= 0.3 is 11.9 Å². The van der Waals surface area contributed by atoms with Crippen molar-refractivity contribution in [3.63, 3.8) is 0 Å². The van der Waals surface area contributed by atoms with Crippen molar-refractivity contribution in [3.8, 4) is 11.5 Å². The Morgan fingerprint density at radius 3 is 1.83 bits per heavy atom. The summed E-state index contributed by atoms with van der Waals surface area (Å²) < 4.78 is 20.8. The second-order valence-corrected chi connectivity index (χ2v) is 7.97. The zero-order chi connectivity index (χ0) is 26.2. The van der Waals surface area contributed by atoms with E-state index in [-0.39, 0.29) is 17.9 Å². The zero-order valence-electron chi connectivity index (χ0n) is 21.0. The van der Waals surface area contributed by atoms with Gasteiger partial charge in [-0.1, -0.05) is 24.3 Å². The van der Waals surface area contributed by atoms with Crippen molar-refractivity contribution >= 4 is 17.8 Å². The number of amides is 1. The fraction of sp³-hybridized carbons (Fsp3) is 0.296. The third kappa shape index (κ3) is 6.04. The van der Waals surface area contributed by atoms with Gasteiger partial charge in [-0.15, -0.1) is 0 Å². The van der Waals surface area contributed by atoms with Gasteiger partial charge in [-0.3, -0.25) is 4.79 Å². The van der Waals surface area contributed by atoms with Gasteiger partial charge in [-0.05, 0) is 61.7 Å². The molecule has 0 aliphatic carbocycles. The maximum Gasteiger partial charge on any atom is 0.355 e. The van der Waals surface area contributed by atoms with Crippen molar-refractivity contribution in [1.82, 2.24) is 10.3 Å². The number of aromatic nitrogens is 1. The largest absolute Gasteiger partial charge is 0.497 e. The number of hydrogen-bond acceptors (Lipinski definition) is 7. The molecule has 9 heteroatoms. The SMILES string of the molecule is CCOC(=O)c1c(C)[nH]c(C(=O)OCC(=O)NC(c2ccc(OC)cc2)c2ccc(OC)cc2)c1C. The minimum absolute atomic E-state index is 0.102. The van der Waals surface area contributed by atoms with Gasteiger partial charge in [-0.2, -0.15) is 0 Å². The Bertz CT molecular complexity index is 1170. The monoisotopic (exact) mass is 494 g/mol. The molecule has 3 aromatic rings. The van der Waals surface area contributed by atoms with E-state index in [1.54, 1.807) is 59.3 Å². The normalized spacial score (nSPS) is 10.6. The number of nitrogens with one attached hydrogen (secondary N) is 2. The summed E-state index contributed by atoms with van der Waals surface area (Å²) in [4.78, 5) is 40.5. The van der Waals surface area contributed by atoms with Crippen molar-refractivity contribution in [2.75, 3.05) is 27.4 Å². The molecular weight excluding hydrogens is 464 g/mol. The number of aromatic amines is 1. The molecule has 3 rings (SSSR count). The Labute approximate surface area is 209 Å². The minimum atomic E-state index is -0.744. The van der Waals surface area contributed by atoms with Crippen LogP contribution in [0.4, 0.5) is 0 Å². The van der Waals surface area contributed by atoms with E-state index in [9.17, 15) is 14.4 Å². The van der Waals surface area contributed by atoms with Crippen LogP contribution in [0.3, 0.4) is 0 Å². The van der Waals surface area contributed by atoms with Gasteiger partial charge in [-0.25, -0.2) is 9.59 Å². The van der Waals surface area contributed by atoms with Gasteiger partial charge in [0.1, 0.15) is 17.2 Å². The van der Waals surface area contributed by atoms with Crippen molar-refractivity contribution in [2.24, 2.45) is 0 Å². The maximum absolute atomic E-state index is 12.8. The Morgan fingerprint density at radius 1 is 0.833 bits per heavy atom. The topological polar surface area (TPSA) is 116 Å². The molecule has 190 valence electrons. The lowest BCUT2D eigenvalue weighted by atomic mass is 9.98. The number of rotatable bonds is 10. The fourth-order valence-corrected chi connectivity index (χ4v) is 3.82. The molecule has 0 fully saturated rings. The van der Waals surface area contributed by atoms with E-state index in [0.29, 0.717) is 22.8 Å². The molecule has 0 aliphatic heterocycles. The van der Waals surface area contributed by atoms with Gasteiger partial charge in [0.15, 0.2) is 6.61 Å². The molecular formula is C27H30N2O7. The summed E-state index contributed by atoms with van der Waals surface area (Å²) in [7, 11) is 3.16. The number of hydrogen-bond donors (Lipinski definition) is 2. The Hall–Kier alpha value is -4.27. The van der Waals surface area contributed by atoms with Gasteiger partial charge in [0, 0.05) is 5.69 Å². The van der Waals surface area contributed by atoms with Crippen LogP contribution in [0, 0.1) is 13.8 Å². The molecule has 9 nitrogen and oxygen atoms in total. The lowest BCUT2D eigenvalue weighted by Crippen LogP contribution is -2.33. The predicted molar refractivity (Wildman–Crippen MR) is 132 cm³/mol. The Balaban J connectivity index is 1.74. The first-order valence-electron chi connectivity index (χ1n) is 11.4. The van der Waals surface area contributed by atoms with Crippen molar-refractivity contribution < 1.29 is 33.3 Å². The van der Waals surface area contributed by atoms with Gasteiger partial charge in [0.25, 0.3) is 5.91 Å². The number of carbonyl (C=O) groups is 3. The fourth-order valence-electron chi connectivity index (χ4n) is 3.82. The highest BCUT2D eigenvalue weighted by Crippen LogP contribution is 2.26. The summed E-state index contributed by atoms with van der Waals surface area (Å²) in [6, 6.07) is 14.1. The third-order valence-corrected chi connectivity index (χ3v) is 5.66. The Morgan fingerprint density at radius 2 is 1.36 bits per heavy atom. The summed E-state index contributed by atoms with van der Waals surface area (Å²) >= 11 is 0. The lowest BCUT2D eigenvalue weighted by Gasteiger charge is -2.20. The Kier molecular flexibility index (Phi) is 8.72. The highest BCUT2D eigenvalue weighted by Gasteiger charge is 2.25. The van der Waals surface area contributed by atoms with E-state index < -0.39 is 30.5 Å². The van der Waals surface area contributed by atoms with E-state index in [4.69, 9.17) is 18.9 Å². The first-order chi connectivity index (χ1) is 17.3. The van der Waals surface area contributed by atoms with Crippen molar-refractivity contribution in [2.45, 2.75) is 26.8 Å². The summed E-state index contributed by atoms with van der Waals surface area (Å²) in [6.45, 7) is 4.70. The molecule has 0 aliphatic rings. The average molecular weight is 495 g/mol. The summed E-state index contributed by atoms with van der Waals surface area (Å²) in [5.41, 5.74) is 2.91. The number of esters is 2. The molecule has 0 unspecified atom stereocenters. The molecule has 1 heterocycles. The second kappa shape index (κ2) is 11.9. The van der Waals surface area contributed by atoms with E-state index in [1.807, 2.05) is 24.3 Å². The summed E-state index contributed by atoms with van der Waals surface area (Å²) in [6.07, 6.45) is 0. The van der Waals surface area contributed by atoms with Crippen LogP contribution in [0.25, 0.3) is 0 Å². The van der Waals surface area contributed by atoms with Crippen LogP contribution < -0.4 is 14.8 Å². The molecule has 1 aromatic heterocycles. The number of methoxy groups -OCH3 is 2. The number of aryl methyl sites for hydroxylation is 1. The zero-order valence-corrected chi connectivity index (χ0v) is 21.0. The van der Waals surface area contributed by atoms with Crippen molar-refractivity contribution in [3.05, 3.63) is 82.2 Å². The smallest absolute Gasteiger partial charge is 0.355 e. The molecule has 0 radical (unpaired) electrons. The first-order valence-corrected chi connectivity index (χ1v) is 11.4. The standard InChI is InChI=1S/C27H30N2O7/c1-6-35-26(31)23-16(2)24(28-17(23)3)27(32)36-15-22(30)29-25(18-7-11-20(33-4)12-8-18)19-9-13-21(34-5)14-10-19/h7-14,25,28H,6,15H2,1-5H3,(H,29,30). The van der Waals surface area contributed by atoms with E-state index in [0.717, 1.165) is 11.1 Å². The molecule has 1 amide bonds. The van der Waals surface area contributed by atoms with Gasteiger partial charge in [0.2, 0.25) is 0 Å². The van der Waals surface area contributed by atoms with Crippen LogP contribution in [0.5, 0.6) is 11.5 Å². The van der Waals surface area contributed by atoms with Crippen LogP contribution in [0.1, 0.15) is 56.2 Å². The molecule has 0 saturated heterocycles. The van der Waals surface area contributed by atoms with Crippen LogP contribution >= 0.6 is 0 Å². The molecule has 0 atom stereocenters. The predicted octanol–water partition coefficient (Wildman–Crippen LogP) is 3.89. The van der Waals surface area contributed by atoms with Crippen LogP contribution in [0.15, 0.2) is 48.5 Å². The van der Waals surface area contributed by atoms with Gasteiger partial charge in [0.05, 0.1) is 32.4 Å². The van der Waals surface area contributed by atoms with Crippen LogP contribution in [-0.2, 0) is 14.3 Å². The molecule has 2 N–H and O–H groups in total. The summed E-state index contributed by atoms with van der Waals surface area (Å²) in [5, 5.41) is 2.92. The molecule has 0 saturated carbocycles. The first kappa shape index (κ1) is 26.3. The quantitative estimate of drug-likeness (QED) is 0.411. The molecule has 36 heavy (non-hydrogen) atoms. The number of carbonyl (C=O) groups excluding carboxylic acids is 3. The van der Waals surface area contributed by atoms with Crippen molar-refractivity contribution in [1.29, 1.82) is 0 Å². The third-order valence-electron chi connectivity index (χ3n) is 5.66. The molecule has 0 bridgehead atoms. The molecule has 2 aromatic carbocycles. The highest BCUT2D eigenvalue weighted by atomic mass is 16.5. The summed E-state index contributed by atoms with van der Waals surface area (Å²) in [5.74, 6) is -0.391. The maximum atomic E-state index is 12.8. The lowest BCUT2D eigenvalue weighted by molar-refractivity contribution is -0.124. The molecule has 0 spiro atoms. The average Bonchev–Trinajstić information content (AvgIpc) is 3.19. The van der Waals surface area contributed by atoms with E-state index >= 15 is 0 Å². The van der Waals surface area contributed by atoms with Crippen LogP contribution in [-0.4, -0.2) is 50.3 Å². The van der Waals surface area contributed by atoms with Gasteiger partial charge < -0.3 is 29.2 Å². The number of H-pyrrole nitrogens is 1. The van der Waals surface area contributed by atoms with E-state index in [2.05, 4.69) is 10.3 Å². The number of ether oxygens (including phenoxy) is 4.